The molecule has 7 nitrogen and oxygen atoms in total. The van der Waals surface area contributed by atoms with Gasteiger partial charge >= 0.3 is 0 Å². The van der Waals surface area contributed by atoms with Crippen molar-refractivity contribution in [3.05, 3.63) is 65.5 Å². The van der Waals surface area contributed by atoms with Crippen LogP contribution >= 0.6 is 0 Å². The van der Waals surface area contributed by atoms with E-state index in [9.17, 15) is 0 Å². The van der Waals surface area contributed by atoms with E-state index in [1.54, 1.807) is 14.2 Å². The number of ether oxygens (including phenoxy) is 3. The summed E-state index contributed by atoms with van der Waals surface area (Å²) in [5, 5.41) is 0. The van der Waals surface area contributed by atoms with Crippen LogP contribution in [0, 0.1) is 0 Å². The number of nitrogen functional groups attached to an aromatic ring is 2. The molecule has 0 aliphatic heterocycles. The predicted molar refractivity (Wildman–Crippen MR) is 115 cm³/mol. The molecule has 154 valence electrons. The van der Waals surface area contributed by atoms with Crippen LogP contribution in [0.2, 0.25) is 0 Å². The molecule has 0 saturated heterocycles. The molecule has 1 heterocycles. The van der Waals surface area contributed by atoms with Crippen LogP contribution in [0.25, 0.3) is 0 Å². The van der Waals surface area contributed by atoms with E-state index >= 15 is 0 Å². The highest BCUT2D eigenvalue weighted by atomic mass is 16.5. The van der Waals surface area contributed by atoms with Gasteiger partial charge in [0, 0.05) is 6.42 Å². The molecule has 0 unspecified atom stereocenters. The van der Waals surface area contributed by atoms with E-state index in [0.717, 1.165) is 11.1 Å². The highest BCUT2D eigenvalue weighted by Gasteiger charge is 2.16. The van der Waals surface area contributed by atoms with E-state index in [1.807, 2.05) is 56.3 Å². The van der Waals surface area contributed by atoms with Gasteiger partial charge in [-0.15, -0.1) is 0 Å². The summed E-state index contributed by atoms with van der Waals surface area (Å²) in [4.78, 5) is 8.30. The third kappa shape index (κ3) is 5.75. The van der Waals surface area contributed by atoms with Crippen LogP contribution in [0.1, 0.15) is 30.7 Å². The molecule has 2 aromatic carbocycles. The Morgan fingerprint density at radius 1 is 0.897 bits per heavy atom. The first-order valence-electron chi connectivity index (χ1n) is 9.39. The number of nitrogens with two attached hydrogens (primary N) is 2. The second-order valence-corrected chi connectivity index (χ2v) is 5.91. The van der Waals surface area contributed by atoms with Gasteiger partial charge < -0.3 is 25.7 Å². The Bertz CT molecular complexity index is 892. The van der Waals surface area contributed by atoms with E-state index in [2.05, 4.69) is 9.97 Å². The first-order chi connectivity index (χ1) is 14.1. The van der Waals surface area contributed by atoms with Crippen molar-refractivity contribution < 1.29 is 14.2 Å². The van der Waals surface area contributed by atoms with Gasteiger partial charge in [0.1, 0.15) is 18.2 Å². The van der Waals surface area contributed by atoms with Crippen molar-refractivity contribution in [2.24, 2.45) is 0 Å². The third-order valence-corrected chi connectivity index (χ3v) is 4.02. The molecule has 0 bridgehead atoms. The van der Waals surface area contributed by atoms with Crippen LogP contribution < -0.4 is 25.7 Å². The van der Waals surface area contributed by atoms with Crippen molar-refractivity contribution in [1.29, 1.82) is 0 Å². The minimum atomic E-state index is 0.288. The highest BCUT2D eigenvalue weighted by Crippen LogP contribution is 2.39. The number of nitrogens with zero attached hydrogens (tertiary/aromatic N) is 2. The van der Waals surface area contributed by atoms with Crippen LogP contribution in [0.4, 0.5) is 11.6 Å². The zero-order valence-electron chi connectivity index (χ0n) is 17.3. The second kappa shape index (κ2) is 10.8. The van der Waals surface area contributed by atoms with Gasteiger partial charge in [-0.1, -0.05) is 44.2 Å². The molecular weight excluding hydrogens is 368 g/mol. The predicted octanol–water partition coefficient (Wildman–Crippen LogP) is 3.85. The van der Waals surface area contributed by atoms with Gasteiger partial charge in [-0.3, -0.25) is 4.98 Å². The molecule has 0 fully saturated rings. The Hall–Kier alpha value is -3.48. The summed E-state index contributed by atoms with van der Waals surface area (Å²) in [5.74, 6) is 2.28. The smallest absolute Gasteiger partial charge is 0.203 e. The SMILES string of the molecule is CC.COc1cc(Cc2ncc(N)nc2N)cc(OC)c1OCc1ccccc1. The van der Waals surface area contributed by atoms with Gasteiger partial charge in [-0.25, -0.2) is 4.98 Å². The number of anilines is 2. The van der Waals surface area contributed by atoms with E-state index < -0.39 is 0 Å². The minimum Gasteiger partial charge on any atom is -0.493 e. The fourth-order valence-corrected chi connectivity index (χ4v) is 2.68. The number of hydrogen-bond acceptors (Lipinski definition) is 7. The van der Waals surface area contributed by atoms with Crippen molar-refractivity contribution in [3.8, 4) is 17.2 Å². The first-order valence-corrected chi connectivity index (χ1v) is 9.39. The topological polar surface area (TPSA) is 106 Å². The molecule has 0 aliphatic carbocycles. The summed E-state index contributed by atoms with van der Waals surface area (Å²) >= 11 is 0. The van der Waals surface area contributed by atoms with Gasteiger partial charge in [0.25, 0.3) is 0 Å². The lowest BCUT2D eigenvalue weighted by Crippen LogP contribution is -2.05. The highest BCUT2D eigenvalue weighted by molar-refractivity contribution is 5.55. The first kappa shape index (κ1) is 21.8. The quantitative estimate of drug-likeness (QED) is 0.625. The lowest BCUT2D eigenvalue weighted by atomic mass is 10.1. The Morgan fingerprint density at radius 2 is 1.52 bits per heavy atom. The van der Waals surface area contributed by atoms with Gasteiger partial charge in [0.15, 0.2) is 11.5 Å². The molecule has 29 heavy (non-hydrogen) atoms. The number of rotatable bonds is 7. The monoisotopic (exact) mass is 396 g/mol. The summed E-state index contributed by atoms with van der Waals surface area (Å²) < 4.78 is 17.0. The Labute approximate surface area is 171 Å². The molecule has 0 amide bonds. The molecular formula is C22H28N4O3. The van der Waals surface area contributed by atoms with Crippen LogP contribution in [0.15, 0.2) is 48.7 Å². The van der Waals surface area contributed by atoms with Crippen LogP contribution in [0.5, 0.6) is 17.2 Å². The number of methoxy groups -OCH3 is 2. The zero-order valence-corrected chi connectivity index (χ0v) is 17.3. The lowest BCUT2D eigenvalue weighted by molar-refractivity contribution is 0.265. The molecule has 0 saturated carbocycles. The van der Waals surface area contributed by atoms with Gasteiger partial charge in [0.2, 0.25) is 5.75 Å². The lowest BCUT2D eigenvalue weighted by Gasteiger charge is -2.16. The molecule has 1 aromatic heterocycles. The van der Waals surface area contributed by atoms with Crippen LogP contribution in [-0.2, 0) is 13.0 Å². The van der Waals surface area contributed by atoms with Gasteiger partial charge in [-0.05, 0) is 23.3 Å². The van der Waals surface area contributed by atoms with Crippen molar-refractivity contribution in [2.45, 2.75) is 26.9 Å². The van der Waals surface area contributed by atoms with Gasteiger partial charge in [-0.2, -0.15) is 0 Å². The second-order valence-electron chi connectivity index (χ2n) is 5.91. The Balaban J connectivity index is 0.00000145. The molecule has 0 spiro atoms. The molecule has 7 heteroatoms. The van der Waals surface area contributed by atoms with E-state index in [4.69, 9.17) is 25.7 Å². The van der Waals surface area contributed by atoms with Crippen molar-refractivity contribution in [2.75, 3.05) is 25.7 Å². The largest absolute Gasteiger partial charge is 0.493 e. The summed E-state index contributed by atoms with van der Waals surface area (Å²) in [7, 11) is 3.18. The molecule has 0 aliphatic rings. The average Bonchev–Trinajstić information content (AvgIpc) is 2.76. The zero-order chi connectivity index (χ0) is 21.2. The molecule has 0 atom stereocenters. The number of hydrogen-bond donors (Lipinski definition) is 2. The maximum Gasteiger partial charge on any atom is 0.203 e. The fourth-order valence-electron chi connectivity index (χ4n) is 2.68. The summed E-state index contributed by atoms with van der Waals surface area (Å²) in [6, 6.07) is 13.6. The van der Waals surface area contributed by atoms with Crippen molar-refractivity contribution in [1.82, 2.24) is 9.97 Å². The van der Waals surface area contributed by atoms with Crippen molar-refractivity contribution in [3.63, 3.8) is 0 Å². The van der Waals surface area contributed by atoms with E-state index in [0.29, 0.717) is 41.8 Å². The number of benzene rings is 2. The van der Waals surface area contributed by atoms with Crippen LogP contribution in [0.3, 0.4) is 0 Å². The fraction of sp³-hybridized carbons (Fsp3) is 0.273. The minimum absolute atomic E-state index is 0.288. The van der Waals surface area contributed by atoms with Crippen LogP contribution in [-0.4, -0.2) is 24.2 Å². The van der Waals surface area contributed by atoms with E-state index in [1.165, 1.54) is 6.20 Å². The molecule has 3 aromatic rings. The maximum absolute atomic E-state index is 5.96. The van der Waals surface area contributed by atoms with Gasteiger partial charge in [0.05, 0.1) is 26.1 Å². The summed E-state index contributed by atoms with van der Waals surface area (Å²) in [6.07, 6.45) is 1.95. The summed E-state index contributed by atoms with van der Waals surface area (Å²) in [5.41, 5.74) is 14.1. The van der Waals surface area contributed by atoms with Crippen molar-refractivity contribution >= 4 is 11.6 Å². The standard InChI is InChI=1S/C20H22N4O3.C2H6/c1-25-16-9-14(8-15-20(22)24-18(21)11-23-15)10-17(26-2)19(16)27-12-13-6-4-3-5-7-13;1-2/h3-7,9-11H,8,12H2,1-2H3,(H4,21,22,24);1-2H3. The molecule has 0 radical (unpaired) electrons. The average molecular weight is 396 g/mol. The molecule has 3 rings (SSSR count). The van der Waals surface area contributed by atoms with E-state index in [-0.39, 0.29) is 5.82 Å². The maximum atomic E-state index is 5.96. The normalized spacial score (nSPS) is 9.93. The summed E-state index contributed by atoms with van der Waals surface area (Å²) in [6.45, 7) is 4.41. The third-order valence-electron chi connectivity index (χ3n) is 4.02. The number of aromatic nitrogens is 2. The molecule has 4 N–H and O–H groups in total. The Morgan fingerprint density at radius 3 is 2.07 bits per heavy atom. The Kier molecular flexibility index (Phi) is 8.09.